The summed E-state index contributed by atoms with van der Waals surface area (Å²) < 4.78 is 6.88. The van der Waals surface area contributed by atoms with Crippen LogP contribution in [-0.2, 0) is 24.2 Å². The van der Waals surface area contributed by atoms with E-state index in [9.17, 15) is 9.90 Å². The summed E-state index contributed by atoms with van der Waals surface area (Å²) in [5.74, 6) is 0.770. The zero-order valence-electron chi connectivity index (χ0n) is 16.7. The Labute approximate surface area is 173 Å². The van der Waals surface area contributed by atoms with Crippen LogP contribution in [0.1, 0.15) is 57.8 Å². The molecule has 1 aliphatic heterocycles. The van der Waals surface area contributed by atoms with E-state index < -0.39 is 6.10 Å². The lowest BCUT2D eigenvalue weighted by atomic mass is 9.77. The van der Waals surface area contributed by atoms with Crippen LogP contribution in [-0.4, -0.2) is 62.2 Å². The molecule has 0 aromatic carbocycles. The fourth-order valence-electron chi connectivity index (χ4n) is 5.13. The number of methoxy groups -OCH3 is 1. The first-order valence-corrected chi connectivity index (χ1v) is 11.3. The van der Waals surface area contributed by atoms with Gasteiger partial charge >= 0.3 is 0 Å². The highest BCUT2D eigenvalue weighted by Gasteiger charge is 2.44. The predicted octanol–water partition coefficient (Wildman–Crippen LogP) is 1.84. The number of aromatic nitrogens is 4. The number of carbonyl (C=O) groups is 1. The summed E-state index contributed by atoms with van der Waals surface area (Å²) in [5, 5.41) is 19.7. The first-order valence-electron chi connectivity index (χ1n) is 10.5. The maximum atomic E-state index is 13.1. The van der Waals surface area contributed by atoms with Crippen LogP contribution in [0.5, 0.6) is 0 Å². The molecule has 156 valence electrons. The molecule has 3 aliphatic rings. The molecule has 2 fully saturated rings. The highest BCUT2D eigenvalue weighted by Crippen LogP contribution is 2.41. The molecule has 3 heterocycles. The van der Waals surface area contributed by atoms with Crippen LogP contribution >= 0.6 is 11.3 Å². The fraction of sp³-hybridized carbons (Fsp3) is 0.700. The molecule has 2 aliphatic carbocycles. The van der Waals surface area contributed by atoms with E-state index in [1.807, 2.05) is 11.1 Å². The van der Waals surface area contributed by atoms with Crippen LogP contribution in [0, 0.1) is 11.8 Å². The lowest BCUT2D eigenvalue weighted by molar-refractivity contribution is 0.0298. The van der Waals surface area contributed by atoms with Crippen LogP contribution in [0.25, 0.3) is 0 Å². The van der Waals surface area contributed by atoms with Gasteiger partial charge in [-0.05, 0) is 50.4 Å². The second-order valence-electron chi connectivity index (χ2n) is 8.56. The first kappa shape index (κ1) is 19.1. The van der Waals surface area contributed by atoms with E-state index in [-0.39, 0.29) is 11.9 Å². The van der Waals surface area contributed by atoms with E-state index in [0.717, 1.165) is 37.2 Å². The second kappa shape index (κ2) is 7.77. The molecule has 1 saturated carbocycles. The van der Waals surface area contributed by atoms with Crippen molar-refractivity contribution in [3.05, 3.63) is 27.5 Å². The maximum absolute atomic E-state index is 13.1. The van der Waals surface area contributed by atoms with Crippen LogP contribution < -0.4 is 0 Å². The van der Waals surface area contributed by atoms with Crippen molar-refractivity contribution in [3.8, 4) is 0 Å². The van der Waals surface area contributed by atoms with Gasteiger partial charge in [-0.3, -0.25) is 4.79 Å². The number of carbonyl (C=O) groups excluding carboxylic acids is 1. The monoisotopic (exact) mass is 417 g/mol. The summed E-state index contributed by atoms with van der Waals surface area (Å²) in [6.07, 6.45) is 7.30. The van der Waals surface area contributed by atoms with Crippen molar-refractivity contribution in [1.29, 1.82) is 0 Å². The normalized spacial score (nSPS) is 29.0. The number of ether oxygens (including phenoxy) is 1. The molecule has 9 heteroatoms. The van der Waals surface area contributed by atoms with Crippen LogP contribution in [0.3, 0.4) is 0 Å². The van der Waals surface area contributed by atoms with Crippen molar-refractivity contribution in [2.24, 2.45) is 11.8 Å². The third-order valence-electron chi connectivity index (χ3n) is 6.61. The number of fused-ring (bicyclic) bond motifs is 2. The Kier molecular flexibility index (Phi) is 5.13. The van der Waals surface area contributed by atoms with Gasteiger partial charge in [0.1, 0.15) is 5.69 Å². The lowest BCUT2D eigenvalue weighted by Gasteiger charge is -2.34. The van der Waals surface area contributed by atoms with Crippen LogP contribution in [0.15, 0.2) is 6.20 Å². The molecule has 1 N–H and O–H groups in total. The van der Waals surface area contributed by atoms with Gasteiger partial charge in [0.15, 0.2) is 5.01 Å². The van der Waals surface area contributed by atoms with Gasteiger partial charge in [-0.15, -0.1) is 16.4 Å². The number of aryl methyl sites for hydroxylation is 2. The number of nitrogens with zero attached hydrogens (tertiary/aromatic N) is 5. The Morgan fingerprint density at radius 3 is 2.86 bits per heavy atom. The molecule has 2 aromatic heterocycles. The first-order chi connectivity index (χ1) is 14.1. The molecule has 8 nitrogen and oxygen atoms in total. The van der Waals surface area contributed by atoms with Gasteiger partial charge in [-0.25, -0.2) is 9.67 Å². The van der Waals surface area contributed by atoms with E-state index in [1.165, 1.54) is 17.7 Å². The summed E-state index contributed by atoms with van der Waals surface area (Å²) in [7, 11) is 1.63. The van der Waals surface area contributed by atoms with Crippen molar-refractivity contribution in [3.63, 3.8) is 0 Å². The third-order valence-corrected chi connectivity index (χ3v) is 7.76. The lowest BCUT2D eigenvalue weighted by Crippen LogP contribution is -2.36. The summed E-state index contributed by atoms with van der Waals surface area (Å²) >= 11 is 1.58. The maximum Gasteiger partial charge on any atom is 0.282 e. The molecule has 1 saturated heterocycles. The number of aliphatic hydroxyl groups is 1. The average molecular weight is 418 g/mol. The Bertz CT molecular complexity index is 873. The average Bonchev–Trinajstić information content (AvgIpc) is 3.44. The molecule has 0 unspecified atom stereocenters. The Morgan fingerprint density at radius 1 is 1.28 bits per heavy atom. The van der Waals surface area contributed by atoms with E-state index in [4.69, 9.17) is 4.74 Å². The molecule has 4 atom stereocenters. The van der Waals surface area contributed by atoms with E-state index >= 15 is 0 Å². The Balaban J connectivity index is 1.28. The minimum atomic E-state index is -0.476. The summed E-state index contributed by atoms with van der Waals surface area (Å²) in [6.45, 7) is 1.86. The van der Waals surface area contributed by atoms with Gasteiger partial charge in [0.25, 0.3) is 5.91 Å². The van der Waals surface area contributed by atoms with Crippen molar-refractivity contribution in [2.75, 3.05) is 20.2 Å². The van der Waals surface area contributed by atoms with Gasteiger partial charge in [-0.2, -0.15) is 0 Å². The largest absolute Gasteiger partial charge is 0.391 e. The number of likely N-dealkylation sites (tertiary alicyclic amines) is 1. The summed E-state index contributed by atoms with van der Waals surface area (Å²) in [4.78, 5) is 21.0. The van der Waals surface area contributed by atoms with Crippen molar-refractivity contribution < 1.29 is 14.6 Å². The molecular weight excluding hydrogens is 390 g/mol. The summed E-state index contributed by atoms with van der Waals surface area (Å²) in [6, 6.07) is -0.100. The summed E-state index contributed by atoms with van der Waals surface area (Å²) in [5.41, 5.74) is 1.90. The Hall–Kier alpha value is -1.84. The smallest absolute Gasteiger partial charge is 0.282 e. The zero-order chi connectivity index (χ0) is 20.0. The SMILES string of the molecule is COCc1cn([C@@H]2C[C@@H]3CN(C(=O)c4nc5c(s4)CCCC5)C[C@@H]3C[C@H]2O)nn1. The molecule has 0 bridgehead atoms. The highest BCUT2D eigenvalue weighted by atomic mass is 32.1. The van der Waals surface area contributed by atoms with Crippen LogP contribution in [0.2, 0.25) is 0 Å². The molecule has 1 amide bonds. The Morgan fingerprint density at radius 2 is 2.07 bits per heavy atom. The number of thiazole rings is 1. The number of hydrogen-bond acceptors (Lipinski definition) is 7. The van der Waals surface area contributed by atoms with Crippen molar-refractivity contribution in [1.82, 2.24) is 24.9 Å². The molecule has 5 rings (SSSR count). The highest BCUT2D eigenvalue weighted by molar-refractivity contribution is 7.13. The van der Waals surface area contributed by atoms with E-state index in [1.54, 1.807) is 23.1 Å². The van der Waals surface area contributed by atoms with Crippen LogP contribution in [0.4, 0.5) is 0 Å². The number of aliphatic hydroxyl groups excluding tert-OH is 1. The van der Waals surface area contributed by atoms with Gasteiger partial charge in [-0.1, -0.05) is 5.21 Å². The minimum absolute atomic E-state index is 0.0629. The molecule has 0 spiro atoms. The number of rotatable bonds is 4. The van der Waals surface area contributed by atoms with Gasteiger partial charge in [0.05, 0.1) is 30.6 Å². The second-order valence-corrected chi connectivity index (χ2v) is 9.64. The number of hydrogen-bond donors (Lipinski definition) is 1. The third kappa shape index (κ3) is 3.60. The molecule has 2 aromatic rings. The zero-order valence-corrected chi connectivity index (χ0v) is 17.5. The van der Waals surface area contributed by atoms with Gasteiger partial charge in [0, 0.05) is 25.1 Å². The van der Waals surface area contributed by atoms with E-state index in [0.29, 0.717) is 36.4 Å². The fourth-order valence-corrected chi connectivity index (χ4v) is 6.24. The quantitative estimate of drug-likeness (QED) is 0.816. The molecular formula is C20H27N5O3S. The van der Waals surface area contributed by atoms with E-state index in [2.05, 4.69) is 15.3 Å². The number of amides is 1. The molecule has 29 heavy (non-hydrogen) atoms. The predicted molar refractivity (Wildman–Crippen MR) is 107 cm³/mol. The molecule has 0 radical (unpaired) electrons. The topological polar surface area (TPSA) is 93.4 Å². The van der Waals surface area contributed by atoms with Gasteiger partial charge in [0.2, 0.25) is 0 Å². The minimum Gasteiger partial charge on any atom is -0.391 e. The van der Waals surface area contributed by atoms with Crippen molar-refractivity contribution >= 4 is 17.2 Å². The standard InChI is InChI=1S/C20H27N5O3S/c1-28-11-14-10-25(23-22-14)16-6-12-8-24(9-13(12)7-17(16)26)20(27)19-21-15-4-2-3-5-18(15)29-19/h10,12-13,16-17,26H,2-9,11H2,1H3/t12-,13+,16-,17-/m1/s1. The van der Waals surface area contributed by atoms with Crippen molar-refractivity contribution in [2.45, 2.75) is 57.3 Å². The van der Waals surface area contributed by atoms with Gasteiger partial charge < -0.3 is 14.7 Å².